The minimum Gasteiger partial charge on any atom is -0.294 e. The van der Waals surface area contributed by atoms with Crippen LogP contribution in [0.15, 0.2) is 48.1 Å². The van der Waals surface area contributed by atoms with Gasteiger partial charge in [-0.15, -0.1) is 0 Å². The average molecular weight is 259 g/mol. The predicted molar refractivity (Wildman–Crippen MR) is 74.0 cm³/mol. The van der Waals surface area contributed by atoms with Gasteiger partial charge in [0.05, 0.1) is 12.7 Å². The number of amides is 1. The van der Waals surface area contributed by atoms with Crippen LogP contribution in [-0.2, 0) is 14.4 Å². The fourth-order valence-corrected chi connectivity index (χ4v) is 1.41. The number of nitrogens with zero attached hydrogens (tertiary/aromatic N) is 1. The Morgan fingerprint density at radius 2 is 1.84 bits per heavy atom. The lowest BCUT2D eigenvalue weighted by Gasteiger charge is -2.13. The van der Waals surface area contributed by atoms with Gasteiger partial charge in [0.15, 0.2) is 5.78 Å². The van der Waals surface area contributed by atoms with Gasteiger partial charge in [-0.1, -0.05) is 42.5 Å². The van der Waals surface area contributed by atoms with Crippen LogP contribution in [0.25, 0.3) is 6.08 Å². The summed E-state index contributed by atoms with van der Waals surface area (Å²) in [6.07, 6.45) is 4.99. The number of allylic oxidation sites excluding steroid dienone is 2. The average Bonchev–Trinajstić information content (AvgIpc) is 2.42. The number of hydrogen-bond donors (Lipinski definition) is 0. The molecule has 4 nitrogen and oxygen atoms in total. The predicted octanol–water partition coefficient (Wildman–Crippen LogP) is 2.24. The fraction of sp³-hybridized carbons (Fsp3) is 0.200. The van der Waals surface area contributed by atoms with E-state index in [9.17, 15) is 9.59 Å². The Bertz CT molecular complexity index is 503. The molecule has 0 aliphatic carbocycles. The van der Waals surface area contributed by atoms with Crippen molar-refractivity contribution in [3.63, 3.8) is 0 Å². The molecule has 0 aromatic heterocycles. The third-order valence-corrected chi connectivity index (χ3v) is 2.52. The van der Waals surface area contributed by atoms with Gasteiger partial charge >= 0.3 is 0 Å². The molecule has 0 aliphatic rings. The first-order chi connectivity index (χ1) is 9.06. The number of hydrogen-bond acceptors (Lipinski definition) is 3. The summed E-state index contributed by atoms with van der Waals surface area (Å²) in [7, 11) is 2.83. The monoisotopic (exact) mass is 259 g/mol. The van der Waals surface area contributed by atoms with Crippen molar-refractivity contribution >= 4 is 17.8 Å². The molecule has 0 fully saturated rings. The highest BCUT2D eigenvalue weighted by Crippen LogP contribution is 2.05. The number of benzene rings is 1. The SMILES string of the molecule is CON(C)C(=O)/C(=C\C=C\c1ccccc1)C(C)=O. The van der Waals surface area contributed by atoms with Crippen LogP contribution in [0.4, 0.5) is 0 Å². The Hall–Kier alpha value is -2.20. The largest absolute Gasteiger partial charge is 0.294 e. The second-order valence-corrected chi connectivity index (χ2v) is 3.89. The van der Waals surface area contributed by atoms with Crippen molar-refractivity contribution < 1.29 is 14.4 Å². The second-order valence-electron chi connectivity index (χ2n) is 3.89. The van der Waals surface area contributed by atoms with E-state index < -0.39 is 5.91 Å². The van der Waals surface area contributed by atoms with E-state index in [4.69, 9.17) is 4.84 Å². The van der Waals surface area contributed by atoms with Gasteiger partial charge in [-0.05, 0) is 18.6 Å². The summed E-state index contributed by atoms with van der Waals surface area (Å²) in [5.74, 6) is -0.765. The van der Waals surface area contributed by atoms with Crippen LogP contribution in [0, 0.1) is 0 Å². The quantitative estimate of drug-likeness (QED) is 0.268. The summed E-state index contributed by atoms with van der Waals surface area (Å²) in [6, 6.07) is 9.62. The summed E-state index contributed by atoms with van der Waals surface area (Å²) in [5, 5.41) is 1.02. The Kier molecular flexibility index (Phi) is 5.70. The maximum absolute atomic E-state index is 11.8. The molecule has 1 aromatic rings. The molecule has 0 heterocycles. The molecule has 1 amide bonds. The van der Waals surface area contributed by atoms with Gasteiger partial charge in [-0.2, -0.15) is 0 Å². The molecule has 0 radical (unpaired) electrons. The Morgan fingerprint density at radius 1 is 1.21 bits per heavy atom. The van der Waals surface area contributed by atoms with E-state index in [1.165, 1.54) is 27.2 Å². The number of Topliss-reactive ketones (excluding diaryl/α,β-unsaturated/α-hetero) is 1. The highest BCUT2D eigenvalue weighted by molar-refractivity contribution is 6.18. The third-order valence-electron chi connectivity index (χ3n) is 2.52. The molecule has 0 aliphatic heterocycles. The van der Waals surface area contributed by atoms with Gasteiger partial charge in [0.25, 0.3) is 5.91 Å². The first-order valence-electron chi connectivity index (χ1n) is 5.82. The van der Waals surface area contributed by atoms with E-state index >= 15 is 0 Å². The van der Waals surface area contributed by atoms with Crippen molar-refractivity contribution in [1.82, 2.24) is 5.06 Å². The normalized spacial score (nSPS) is 11.6. The Balaban J connectivity index is 2.89. The zero-order valence-corrected chi connectivity index (χ0v) is 11.3. The maximum Gasteiger partial charge on any atom is 0.280 e. The molecule has 0 bridgehead atoms. The summed E-state index contributed by atoms with van der Waals surface area (Å²) in [6.45, 7) is 1.35. The zero-order chi connectivity index (χ0) is 14.3. The van der Waals surface area contributed by atoms with Gasteiger partial charge in [-0.3, -0.25) is 14.4 Å². The van der Waals surface area contributed by atoms with Crippen molar-refractivity contribution in [2.45, 2.75) is 6.92 Å². The minimum atomic E-state index is -0.465. The summed E-state index contributed by atoms with van der Waals surface area (Å²) < 4.78 is 0. The van der Waals surface area contributed by atoms with Crippen LogP contribution in [0.5, 0.6) is 0 Å². The molecule has 4 heteroatoms. The Morgan fingerprint density at radius 3 is 2.37 bits per heavy atom. The number of carbonyl (C=O) groups excluding carboxylic acids is 2. The minimum absolute atomic E-state index is 0.0801. The molecule has 1 aromatic carbocycles. The van der Waals surface area contributed by atoms with Crippen molar-refractivity contribution in [1.29, 1.82) is 0 Å². The zero-order valence-electron chi connectivity index (χ0n) is 11.3. The fourth-order valence-electron chi connectivity index (χ4n) is 1.41. The molecule has 0 saturated carbocycles. The highest BCUT2D eigenvalue weighted by Gasteiger charge is 2.17. The van der Waals surface area contributed by atoms with Gasteiger partial charge < -0.3 is 0 Å². The van der Waals surface area contributed by atoms with Crippen LogP contribution in [0.3, 0.4) is 0 Å². The standard InChI is InChI=1S/C15H17NO3/c1-12(17)14(15(18)16(2)19-3)11-7-10-13-8-5-4-6-9-13/h4-11H,1-3H3/b10-7+,14-11-. The Labute approximate surface area is 112 Å². The third kappa shape index (κ3) is 4.52. The van der Waals surface area contributed by atoms with Crippen molar-refractivity contribution in [2.24, 2.45) is 0 Å². The lowest BCUT2D eigenvalue weighted by atomic mass is 10.1. The molecule has 0 atom stereocenters. The number of likely N-dealkylation sites (N-methyl/N-ethyl adjacent to an activating group) is 1. The molecule has 1 rings (SSSR count). The van der Waals surface area contributed by atoms with E-state index in [-0.39, 0.29) is 11.4 Å². The summed E-state index contributed by atoms with van der Waals surface area (Å²) >= 11 is 0. The van der Waals surface area contributed by atoms with Crippen molar-refractivity contribution in [3.8, 4) is 0 Å². The van der Waals surface area contributed by atoms with Crippen molar-refractivity contribution in [3.05, 3.63) is 53.6 Å². The molecule has 100 valence electrons. The van der Waals surface area contributed by atoms with Crippen LogP contribution in [0.2, 0.25) is 0 Å². The van der Waals surface area contributed by atoms with Crippen LogP contribution >= 0.6 is 0 Å². The molecule has 19 heavy (non-hydrogen) atoms. The van der Waals surface area contributed by atoms with E-state index in [0.29, 0.717) is 0 Å². The lowest BCUT2D eigenvalue weighted by molar-refractivity contribution is -0.164. The molecular weight excluding hydrogens is 242 g/mol. The number of rotatable bonds is 5. The second kappa shape index (κ2) is 7.28. The molecule has 0 N–H and O–H groups in total. The molecule has 0 saturated heterocycles. The van der Waals surface area contributed by atoms with Gasteiger partial charge in [0.1, 0.15) is 0 Å². The van der Waals surface area contributed by atoms with Gasteiger partial charge in [0.2, 0.25) is 0 Å². The first kappa shape index (κ1) is 14.9. The van der Waals surface area contributed by atoms with Crippen LogP contribution in [0.1, 0.15) is 12.5 Å². The molecule has 0 spiro atoms. The molecule has 0 unspecified atom stereocenters. The van der Waals surface area contributed by atoms with Crippen LogP contribution < -0.4 is 0 Å². The lowest BCUT2D eigenvalue weighted by Crippen LogP contribution is -2.29. The van der Waals surface area contributed by atoms with Gasteiger partial charge in [-0.25, -0.2) is 5.06 Å². The van der Waals surface area contributed by atoms with E-state index in [1.807, 2.05) is 36.4 Å². The van der Waals surface area contributed by atoms with E-state index in [0.717, 1.165) is 10.6 Å². The number of ketones is 1. The van der Waals surface area contributed by atoms with E-state index in [2.05, 4.69) is 0 Å². The van der Waals surface area contributed by atoms with Crippen molar-refractivity contribution in [2.75, 3.05) is 14.2 Å². The number of hydroxylamine groups is 2. The maximum atomic E-state index is 11.8. The molecular formula is C15H17NO3. The summed E-state index contributed by atoms with van der Waals surface area (Å²) in [5.41, 5.74) is 1.07. The smallest absolute Gasteiger partial charge is 0.280 e. The number of carbonyl (C=O) groups is 2. The summed E-state index contributed by atoms with van der Waals surface area (Å²) in [4.78, 5) is 28.1. The first-order valence-corrected chi connectivity index (χ1v) is 5.82. The van der Waals surface area contributed by atoms with E-state index in [1.54, 1.807) is 6.08 Å². The highest BCUT2D eigenvalue weighted by atomic mass is 16.7. The van der Waals surface area contributed by atoms with Crippen LogP contribution in [-0.4, -0.2) is 30.9 Å². The topological polar surface area (TPSA) is 46.6 Å². The van der Waals surface area contributed by atoms with Gasteiger partial charge in [0, 0.05) is 7.05 Å².